The molecule has 0 saturated heterocycles. The predicted molar refractivity (Wildman–Crippen MR) is 70.1 cm³/mol. The quantitative estimate of drug-likeness (QED) is 0.609. The maximum absolute atomic E-state index is 10.8. The number of nitro groups is 1. The third kappa shape index (κ3) is 3.01. The van der Waals surface area contributed by atoms with Crippen LogP contribution >= 0.6 is 0 Å². The molecular weight excluding hydrogens is 228 g/mol. The van der Waals surface area contributed by atoms with E-state index < -0.39 is 0 Å². The molecule has 2 aromatic rings. The summed E-state index contributed by atoms with van der Waals surface area (Å²) in [6.45, 7) is 0. The second-order valence-electron chi connectivity index (χ2n) is 3.74. The van der Waals surface area contributed by atoms with Crippen molar-refractivity contribution in [3.05, 3.63) is 76.1 Å². The molecule has 0 bridgehead atoms. The molecule has 0 unspecified atom stereocenters. The highest BCUT2D eigenvalue weighted by atomic mass is 16.6. The molecule has 1 aromatic heterocycles. The Morgan fingerprint density at radius 3 is 2.67 bits per heavy atom. The Bertz CT molecular complexity index is 565. The van der Waals surface area contributed by atoms with Gasteiger partial charge in [0, 0.05) is 24.4 Å². The number of para-hydroxylation sites is 1. The van der Waals surface area contributed by atoms with Crippen LogP contribution in [0, 0.1) is 10.1 Å². The van der Waals surface area contributed by atoms with E-state index in [4.69, 9.17) is 0 Å². The standard InChI is InChI=1S/C14H12N2O2/c17-16(18)14-10-2-1-6-12(14)7-5-9-13-8-3-4-11-15-13/h1-8,10-11H,9H2. The van der Waals surface area contributed by atoms with E-state index in [9.17, 15) is 10.1 Å². The van der Waals surface area contributed by atoms with Crippen molar-refractivity contribution in [3.8, 4) is 0 Å². The van der Waals surface area contributed by atoms with Crippen molar-refractivity contribution >= 4 is 11.8 Å². The molecule has 4 nitrogen and oxygen atoms in total. The van der Waals surface area contributed by atoms with Crippen LogP contribution in [-0.2, 0) is 6.42 Å². The van der Waals surface area contributed by atoms with E-state index in [2.05, 4.69) is 4.98 Å². The van der Waals surface area contributed by atoms with Crippen LogP contribution in [-0.4, -0.2) is 9.91 Å². The highest BCUT2D eigenvalue weighted by Crippen LogP contribution is 2.19. The number of aromatic nitrogens is 1. The van der Waals surface area contributed by atoms with E-state index in [1.54, 1.807) is 30.5 Å². The molecule has 0 aliphatic rings. The first-order chi connectivity index (χ1) is 8.77. The predicted octanol–water partition coefficient (Wildman–Crippen LogP) is 3.25. The first kappa shape index (κ1) is 12.0. The second kappa shape index (κ2) is 5.72. The van der Waals surface area contributed by atoms with Crippen LogP contribution in [0.1, 0.15) is 11.3 Å². The van der Waals surface area contributed by atoms with Gasteiger partial charge in [-0.1, -0.05) is 30.4 Å². The van der Waals surface area contributed by atoms with Crippen molar-refractivity contribution in [1.82, 2.24) is 4.98 Å². The van der Waals surface area contributed by atoms with Crippen LogP contribution in [0.2, 0.25) is 0 Å². The molecule has 1 heterocycles. The van der Waals surface area contributed by atoms with Crippen LogP contribution < -0.4 is 0 Å². The van der Waals surface area contributed by atoms with Gasteiger partial charge >= 0.3 is 0 Å². The first-order valence-electron chi connectivity index (χ1n) is 5.57. The average Bonchev–Trinajstić information content (AvgIpc) is 2.40. The SMILES string of the molecule is O=[N+]([O-])c1ccccc1C=CCc1ccccn1. The van der Waals surface area contributed by atoms with Crippen LogP contribution in [0.4, 0.5) is 5.69 Å². The highest BCUT2D eigenvalue weighted by Gasteiger charge is 2.08. The fraction of sp³-hybridized carbons (Fsp3) is 0.0714. The zero-order valence-electron chi connectivity index (χ0n) is 9.69. The third-order valence-corrected chi connectivity index (χ3v) is 2.48. The fourth-order valence-electron chi connectivity index (χ4n) is 1.62. The van der Waals surface area contributed by atoms with E-state index in [0.717, 1.165) is 5.69 Å². The maximum atomic E-state index is 10.8. The summed E-state index contributed by atoms with van der Waals surface area (Å²) in [5.41, 5.74) is 1.67. The Morgan fingerprint density at radius 1 is 1.17 bits per heavy atom. The van der Waals surface area contributed by atoms with Crippen LogP contribution in [0.5, 0.6) is 0 Å². The van der Waals surface area contributed by atoms with Gasteiger partial charge in [-0.3, -0.25) is 15.1 Å². The minimum absolute atomic E-state index is 0.120. The van der Waals surface area contributed by atoms with Gasteiger partial charge in [0.1, 0.15) is 0 Å². The van der Waals surface area contributed by atoms with Crippen molar-refractivity contribution in [3.63, 3.8) is 0 Å². The molecule has 4 heteroatoms. The van der Waals surface area contributed by atoms with Gasteiger partial charge in [-0.2, -0.15) is 0 Å². The molecule has 0 spiro atoms. The monoisotopic (exact) mass is 240 g/mol. The molecule has 0 atom stereocenters. The Kier molecular flexibility index (Phi) is 3.81. The van der Waals surface area contributed by atoms with E-state index in [0.29, 0.717) is 12.0 Å². The molecule has 2 rings (SSSR count). The lowest BCUT2D eigenvalue weighted by Gasteiger charge is -1.97. The van der Waals surface area contributed by atoms with Crippen LogP contribution in [0.3, 0.4) is 0 Å². The molecule has 0 saturated carbocycles. The number of hydrogen-bond donors (Lipinski definition) is 0. The zero-order chi connectivity index (χ0) is 12.8. The summed E-state index contributed by atoms with van der Waals surface area (Å²) in [7, 11) is 0. The van der Waals surface area contributed by atoms with Gasteiger partial charge < -0.3 is 0 Å². The van der Waals surface area contributed by atoms with Gasteiger partial charge in [0.25, 0.3) is 5.69 Å². The second-order valence-corrected chi connectivity index (χ2v) is 3.74. The lowest BCUT2D eigenvalue weighted by atomic mass is 10.1. The Balaban J connectivity index is 2.12. The number of hydrogen-bond acceptors (Lipinski definition) is 3. The van der Waals surface area contributed by atoms with Crippen LogP contribution in [0.25, 0.3) is 6.08 Å². The summed E-state index contributed by atoms with van der Waals surface area (Å²) in [6.07, 6.45) is 6.03. The Morgan fingerprint density at radius 2 is 1.94 bits per heavy atom. The summed E-state index contributed by atoms with van der Waals surface area (Å²) in [5, 5.41) is 10.8. The summed E-state index contributed by atoms with van der Waals surface area (Å²) >= 11 is 0. The molecule has 0 radical (unpaired) electrons. The van der Waals surface area contributed by atoms with Gasteiger partial charge in [0.15, 0.2) is 0 Å². The van der Waals surface area contributed by atoms with Crippen molar-refractivity contribution < 1.29 is 4.92 Å². The largest absolute Gasteiger partial charge is 0.276 e. The smallest absolute Gasteiger partial charge is 0.261 e. The maximum Gasteiger partial charge on any atom is 0.276 e. The summed E-state index contributed by atoms with van der Waals surface area (Å²) in [6, 6.07) is 12.4. The van der Waals surface area contributed by atoms with Crippen molar-refractivity contribution in [1.29, 1.82) is 0 Å². The molecule has 0 amide bonds. The van der Waals surface area contributed by atoms with Gasteiger partial charge in [-0.05, 0) is 18.2 Å². The Hall–Kier alpha value is -2.49. The number of nitro benzene ring substituents is 1. The van der Waals surface area contributed by atoms with Crippen molar-refractivity contribution in [2.45, 2.75) is 6.42 Å². The topological polar surface area (TPSA) is 56.0 Å². The average molecular weight is 240 g/mol. The molecule has 0 N–H and O–H groups in total. The molecule has 0 aliphatic carbocycles. The Labute approximate surface area is 105 Å². The van der Waals surface area contributed by atoms with Crippen molar-refractivity contribution in [2.24, 2.45) is 0 Å². The summed E-state index contributed by atoms with van der Waals surface area (Å²) in [5.74, 6) is 0. The van der Waals surface area contributed by atoms with E-state index >= 15 is 0 Å². The number of benzene rings is 1. The molecule has 18 heavy (non-hydrogen) atoms. The zero-order valence-corrected chi connectivity index (χ0v) is 9.69. The van der Waals surface area contributed by atoms with Gasteiger partial charge in [0.05, 0.1) is 10.5 Å². The normalized spacial score (nSPS) is 10.7. The van der Waals surface area contributed by atoms with Gasteiger partial charge in [-0.15, -0.1) is 0 Å². The molecule has 0 fully saturated rings. The molecule has 1 aromatic carbocycles. The van der Waals surface area contributed by atoms with E-state index in [1.165, 1.54) is 6.07 Å². The van der Waals surface area contributed by atoms with E-state index in [-0.39, 0.29) is 10.6 Å². The summed E-state index contributed by atoms with van der Waals surface area (Å²) < 4.78 is 0. The van der Waals surface area contributed by atoms with Gasteiger partial charge in [-0.25, -0.2) is 0 Å². The third-order valence-electron chi connectivity index (χ3n) is 2.48. The van der Waals surface area contributed by atoms with Crippen LogP contribution in [0.15, 0.2) is 54.7 Å². The number of nitrogens with zero attached hydrogens (tertiary/aromatic N) is 2. The fourth-order valence-corrected chi connectivity index (χ4v) is 1.62. The minimum Gasteiger partial charge on any atom is -0.261 e. The lowest BCUT2D eigenvalue weighted by molar-refractivity contribution is -0.385. The first-order valence-corrected chi connectivity index (χ1v) is 5.57. The highest BCUT2D eigenvalue weighted by molar-refractivity contribution is 5.60. The molecule has 0 aliphatic heterocycles. The van der Waals surface area contributed by atoms with Gasteiger partial charge in [0.2, 0.25) is 0 Å². The number of rotatable bonds is 4. The van der Waals surface area contributed by atoms with Crippen molar-refractivity contribution in [2.75, 3.05) is 0 Å². The number of pyridine rings is 1. The lowest BCUT2D eigenvalue weighted by Crippen LogP contribution is -1.90. The van der Waals surface area contributed by atoms with E-state index in [1.807, 2.05) is 24.3 Å². The molecule has 90 valence electrons. The summed E-state index contributed by atoms with van der Waals surface area (Å²) in [4.78, 5) is 14.6. The number of allylic oxidation sites excluding steroid dienone is 1. The minimum atomic E-state index is -0.375. The molecular formula is C14H12N2O2.